The average molecular weight is 567 g/mol. The van der Waals surface area contributed by atoms with Crippen LogP contribution in [0.2, 0.25) is 0 Å². The lowest BCUT2D eigenvalue weighted by molar-refractivity contribution is -0.946. The molecular formula is C32H35F3N3O3+. The van der Waals surface area contributed by atoms with E-state index in [-0.39, 0.29) is 35.8 Å². The molecule has 0 aromatic heterocycles. The van der Waals surface area contributed by atoms with Crippen molar-refractivity contribution in [2.45, 2.75) is 38.8 Å². The Kier molecular flexibility index (Phi) is 8.63. The average Bonchev–Trinajstić information content (AvgIpc) is 2.96. The van der Waals surface area contributed by atoms with Gasteiger partial charge in [0.05, 0.1) is 37.6 Å². The number of quaternary nitrogens is 1. The second-order valence-electron chi connectivity index (χ2n) is 11.1. The minimum Gasteiger partial charge on any atom is -0.440 e. The van der Waals surface area contributed by atoms with Gasteiger partial charge in [-0.3, -0.25) is 9.69 Å². The quantitative estimate of drug-likeness (QED) is 0.286. The number of nitrogens with zero attached hydrogens (tertiary/aromatic N) is 3. The number of carbonyl (C=O) groups is 2. The van der Waals surface area contributed by atoms with Crippen molar-refractivity contribution < 1.29 is 32.0 Å². The summed E-state index contributed by atoms with van der Waals surface area (Å²) in [6.07, 6.45) is 1.51. The third kappa shape index (κ3) is 6.56. The van der Waals surface area contributed by atoms with Crippen LogP contribution < -0.4 is 9.80 Å². The molecule has 6 nitrogen and oxygen atoms in total. The number of rotatable bonds is 9. The van der Waals surface area contributed by atoms with E-state index in [1.54, 1.807) is 42.5 Å². The molecule has 3 aromatic carbocycles. The maximum absolute atomic E-state index is 14.8. The molecule has 3 aliphatic heterocycles. The van der Waals surface area contributed by atoms with Gasteiger partial charge < -0.3 is 14.1 Å². The number of halogens is 3. The van der Waals surface area contributed by atoms with Gasteiger partial charge in [-0.05, 0) is 42.0 Å². The molecule has 0 spiro atoms. The Bertz CT molecular complexity index is 1380. The zero-order valence-electron chi connectivity index (χ0n) is 23.1. The molecule has 3 saturated heterocycles. The van der Waals surface area contributed by atoms with Crippen LogP contribution >= 0.6 is 0 Å². The van der Waals surface area contributed by atoms with Crippen LogP contribution in [0.15, 0.2) is 72.8 Å². The molecule has 9 heteroatoms. The van der Waals surface area contributed by atoms with Crippen molar-refractivity contribution in [1.82, 2.24) is 0 Å². The minimum atomic E-state index is -0.640. The Labute approximate surface area is 238 Å². The highest BCUT2D eigenvalue weighted by atomic mass is 19.1. The SMILES string of the molecule is CC(=O)N(CCC[N+]12CCC(CC1)[C@@H](OC(=O)N(Cc1ccc(F)cc1)c1ccccc1F)C2)c1ccccc1F. The number of hydrogen-bond donors (Lipinski definition) is 0. The molecule has 1 atom stereocenters. The molecule has 0 radical (unpaired) electrons. The lowest BCUT2D eigenvalue weighted by Crippen LogP contribution is -2.65. The number of hydrogen-bond acceptors (Lipinski definition) is 3. The van der Waals surface area contributed by atoms with Crippen molar-refractivity contribution >= 4 is 23.4 Å². The van der Waals surface area contributed by atoms with Gasteiger partial charge in [-0.25, -0.2) is 18.0 Å². The second-order valence-corrected chi connectivity index (χ2v) is 11.1. The number of para-hydroxylation sites is 2. The molecule has 6 rings (SSSR count). The van der Waals surface area contributed by atoms with Gasteiger partial charge in [0, 0.05) is 38.6 Å². The standard InChI is InChI=1S/C32H35F3N3O3/c1-23(39)36(29-9-4-2-7-27(29)34)17-6-18-38-19-15-25(16-20-38)31(22-38)41-32(40)37(30-10-5-3-8-28(30)35)21-24-11-13-26(33)14-12-24/h2-5,7-14,25,31H,6,15-22H2,1H3/q+1/t25?,31-,38?/m0/s1. The second kappa shape index (κ2) is 12.3. The van der Waals surface area contributed by atoms with E-state index in [2.05, 4.69) is 0 Å². The molecule has 0 unspecified atom stereocenters. The first-order valence-electron chi connectivity index (χ1n) is 14.1. The summed E-state index contributed by atoms with van der Waals surface area (Å²) < 4.78 is 49.5. The molecule has 2 amide bonds. The maximum Gasteiger partial charge on any atom is 0.415 e. The number of carbonyl (C=O) groups excluding carboxylic acids is 2. The highest BCUT2D eigenvalue weighted by molar-refractivity contribution is 5.91. The molecule has 2 bridgehead atoms. The summed E-state index contributed by atoms with van der Waals surface area (Å²) in [4.78, 5) is 28.6. The van der Waals surface area contributed by atoms with Gasteiger partial charge >= 0.3 is 6.09 Å². The molecule has 0 saturated carbocycles. The van der Waals surface area contributed by atoms with E-state index in [1.807, 2.05) is 0 Å². The maximum atomic E-state index is 14.8. The molecule has 3 aromatic rings. The number of piperidine rings is 3. The molecule has 0 N–H and O–H groups in total. The third-order valence-corrected chi connectivity index (χ3v) is 8.45. The van der Waals surface area contributed by atoms with Gasteiger partial charge in [0.1, 0.15) is 24.0 Å². The lowest BCUT2D eigenvalue weighted by Gasteiger charge is -2.52. The van der Waals surface area contributed by atoms with Gasteiger partial charge in [0.2, 0.25) is 5.91 Å². The number of anilines is 2. The number of benzene rings is 3. The van der Waals surface area contributed by atoms with E-state index in [0.29, 0.717) is 25.1 Å². The molecular weight excluding hydrogens is 531 g/mol. The molecule has 3 aliphatic rings. The highest BCUT2D eigenvalue weighted by Crippen LogP contribution is 2.37. The normalized spacial score (nSPS) is 21.4. The highest BCUT2D eigenvalue weighted by Gasteiger charge is 2.47. The third-order valence-electron chi connectivity index (χ3n) is 8.45. The van der Waals surface area contributed by atoms with Crippen molar-refractivity contribution in [1.29, 1.82) is 0 Å². The summed E-state index contributed by atoms with van der Waals surface area (Å²) in [5.41, 5.74) is 1.02. The Morgan fingerprint density at radius 2 is 1.44 bits per heavy atom. The molecule has 3 heterocycles. The summed E-state index contributed by atoms with van der Waals surface area (Å²) in [7, 11) is 0. The van der Waals surface area contributed by atoms with Crippen LogP contribution in [-0.2, 0) is 16.1 Å². The van der Waals surface area contributed by atoms with E-state index in [4.69, 9.17) is 4.74 Å². The molecule has 216 valence electrons. The zero-order chi connectivity index (χ0) is 29.0. The van der Waals surface area contributed by atoms with Crippen molar-refractivity contribution in [3.05, 3.63) is 95.8 Å². The monoisotopic (exact) mass is 566 g/mol. The van der Waals surface area contributed by atoms with E-state index in [9.17, 15) is 22.8 Å². The van der Waals surface area contributed by atoms with Crippen LogP contribution in [0.5, 0.6) is 0 Å². The Balaban J connectivity index is 1.27. The van der Waals surface area contributed by atoms with E-state index < -0.39 is 23.5 Å². The zero-order valence-corrected chi connectivity index (χ0v) is 23.1. The molecule has 41 heavy (non-hydrogen) atoms. The molecule has 0 aliphatic carbocycles. The van der Waals surface area contributed by atoms with Crippen molar-refractivity contribution in [3.8, 4) is 0 Å². The summed E-state index contributed by atoms with van der Waals surface area (Å²) >= 11 is 0. The first-order chi connectivity index (χ1) is 19.7. The summed E-state index contributed by atoms with van der Waals surface area (Å²) in [6, 6.07) is 18.0. The predicted octanol–water partition coefficient (Wildman–Crippen LogP) is 6.30. The van der Waals surface area contributed by atoms with Gasteiger partial charge in [-0.15, -0.1) is 0 Å². The van der Waals surface area contributed by atoms with Gasteiger partial charge in [0.25, 0.3) is 0 Å². The molecule has 3 fully saturated rings. The smallest absolute Gasteiger partial charge is 0.415 e. The fourth-order valence-corrected chi connectivity index (χ4v) is 6.24. The Morgan fingerprint density at radius 1 is 0.854 bits per heavy atom. The summed E-state index contributed by atoms with van der Waals surface area (Å²) in [5, 5.41) is 0. The van der Waals surface area contributed by atoms with Crippen molar-refractivity contribution in [2.75, 3.05) is 42.5 Å². The predicted molar refractivity (Wildman–Crippen MR) is 151 cm³/mol. The number of amides is 2. The van der Waals surface area contributed by atoms with Gasteiger partial charge in [-0.2, -0.15) is 0 Å². The van der Waals surface area contributed by atoms with E-state index >= 15 is 0 Å². The van der Waals surface area contributed by atoms with E-state index in [0.717, 1.165) is 37.0 Å². The topological polar surface area (TPSA) is 49.9 Å². The van der Waals surface area contributed by atoms with Gasteiger partial charge in [0.15, 0.2) is 6.10 Å². The first-order valence-corrected chi connectivity index (χ1v) is 14.1. The van der Waals surface area contributed by atoms with Crippen LogP contribution in [0.25, 0.3) is 0 Å². The fourth-order valence-electron chi connectivity index (χ4n) is 6.24. The first kappa shape index (κ1) is 28.7. The van der Waals surface area contributed by atoms with Gasteiger partial charge in [-0.1, -0.05) is 36.4 Å². The van der Waals surface area contributed by atoms with Crippen molar-refractivity contribution in [3.63, 3.8) is 0 Å². The Morgan fingerprint density at radius 3 is 2.02 bits per heavy atom. The number of fused-ring (bicyclic) bond motifs is 3. The lowest BCUT2D eigenvalue weighted by atomic mass is 9.83. The Hall–Kier alpha value is -3.85. The van der Waals surface area contributed by atoms with Crippen LogP contribution in [0.3, 0.4) is 0 Å². The minimum absolute atomic E-state index is 0.0361. The van der Waals surface area contributed by atoms with Crippen LogP contribution in [0.4, 0.5) is 29.3 Å². The van der Waals surface area contributed by atoms with E-state index in [1.165, 1.54) is 47.1 Å². The number of ether oxygens (including phenoxy) is 1. The largest absolute Gasteiger partial charge is 0.440 e. The van der Waals surface area contributed by atoms with Crippen LogP contribution in [-0.4, -0.2) is 55.3 Å². The van der Waals surface area contributed by atoms with Crippen molar-refractivity contribution in [2.24, 2.45) is 5.92 Å². The van der Waals surface area contributed by atoms with Crippen LogP contribution in [0.1, 0.15) is 31.7 Å². The van der Waals surface area contributed by atoms with Crippen LogP contribution in [0, 0.1) is 23.4 Å². The summed E-state index contributed by atoms with van der Waals surface area (Å²) in [5.74, 6) is -1.36. The fraction of sp³-hybridized carbons (Fsp3) is 0.375. The summed E-state index contributed by atoms with van der Waals surface area (Å²) in [6.45, 7) is 5.17.